The van der Waals surface area contributed by atoms with Crippen LogP contribution in [-0.4, -0.2) is 37.7 Å². The number of fused-ring (bicyclic) bond motifs is 1. The second kappa shape index (κ2) is 11.2. The molecule has 0 aromatic heterocycles. The number of rotatable bonds is 9. The van der Waals surface area contributed by atoms with Crippen LogP contribution < -0.4 is 29.7 Å². The van der Waals surface area contributed by atoms with Crippen LogP contribution in [0.3, 0.4) is 0 Å². The molecular formula is C29H29N3O6. The van der Waals surface area contributed by atoms with Gasteiger partial charge in [-0.1, -0.05) is 25.1 Å². The van der Waals surface area contributed by atoms with Crippen LogP contribution in [0.4, 0.5) is 11.4 Å². The Morgan fingerprint density at radius 2 is 1.71 bits per heavy atom. The van der Waals surface area contributed by atoms with Gasteiger partial charge in [0.05, 0.1) is 5.92 Å². The van der Waals surface area contributed by atoms with Crippen LogP contribution in [-0.2, 0) is 27.3 Å². The van der Waals surface area contributed by atoms with Crippen molar-refractivity contribution in [2.75, 3.05) is 30.2 Å². The van der Waals surface area contributed by atoms with Crippen molar-refractivity contribution in [1.82, 2.24) is 5.32 Å². The van der Waals surface area contributed by atoms with E-state index in [1.807, 2.05) is 42.5 Å². The molecule has 9 heteroatoms. The highest BCUT2D eigenvalue weighted by molar-refractivity contribution is 6.00. The van der Waals surface area contributed by atoms with Crippen molar-refractivity contribution in [1.29, 1.82) is 0 Å². The second-order valence-corrected chi connectivity index (χ2v) is 9.19. The SMILES string of the molecule is CCc1ccc(NC(=O)COc2ccc(N3C[C@H](C(=O)NCc4ccc5c(c4)OCO5)CC3=O)cc2)cc1. The largest absolute Gasteiger partial charge is 0.484 e. The average molecular weight is 516 g/mol. The molecule has 3 aromatic carbocycles. The standard InChI is InChI=1S/C29H29N3O6/c1-2-19-3-6-22(7-4-19)31-27(33)17-36-24-10-8-23(9-11-24)32-16-21(14-28(32)34)29(35)30-15-20-5-12-25-26(13-20)38-18-37-25/h3-13,21H,2,14-18H2,1H3,(H,30,35)(H,31,33)/t21-/m1/s1. The smallest absolute Gasteiger partial charge is 0.262 e. The second-order valence-electron chi connectivity index (χ2n) is 9.19. The fourth-order valence-electron chi connectivity index (χ4n) is 4.41. The van der Waals surface area contributed by atoms with Gasteiger partial charge in [-0.25, -0.2) is 0 Å². The van der Waals surface area contributed by atoms with Crippen LogP contribution in [0.2, 0.25) is 0 Å². The number of hydrogen-bond donors (Lipinski definition) is 2. The molecule has 0 bridgehead atoms. The minimum Gasteiger partial charge on any atom is -0.484 e. The molecule has 9 nitrogen and oxygen atoms in total. The quantitative estimate of drug-likeness (QED) is 0.451. The first-order chi connectivity index (χ1) is 18.5. The molecule has 1 fully saturated rings. The topological polar surface area (TPSA) is 106 Å². The number of hydrogen-bond acceptors (Lipinski definition) is 6. The first-order valence-corrected chi connectivity index (χ1v) is 12.6. The molecule has 38 heavy (non-hydrogen) atoms. The highest BCUT2D eigenvalue weighted by Crippen LogP contribution is 2.32. The summed E-state index contributed by atoms with van der Waals surface area (Å²) in [5, 5.41) is 5.72. The number of nitrogens with zero attached hydrogens (tertiary/aromatic N) is 1. The normalized spacial score (nSPS) is 15.9. The molecular weight excluding hydrogens is 486 g/mol. The lowest BCUT2D eigenvalue weighted by Crippen LogP contribution is -2.32. The Kier molecular flexibility index (Phi) is 7.44. The van der Waals surface area contributed by atoms with E-state index in [9.17, 15) is 14.4 Å². The maximum absolute atomic E-state index is 12.7. The lowest BCUT2D eigenvalue weighted by molar-refractivity contribution is -0.126. The molecule has 0 unspecified atom stereocenters. The number of carbonyl (C=O) groups excluding carboxylic acids is 3. The molecule has 3 aromatic rings. The van der Waals surface area contributed by atoms with Crippen LogP contribution in [0.1, 0.15) is 24.5 Å². The van der Waals surface area contributed by atoms with E-state index in [-0.39, 0.29) is 37.5 Å². The summed E-state index contributed by atoms with van der Waals surface area (Å²) in [5.74, 6) is 0.868. The van der Waals surface area contributed by atoms with Gasteiger partial charge in [-0.05, 0) is 66.1 Å². The maximum atomic E-state index is 12.7. The Balaban J connectivity index is 1.09. The number of carbonyl (C=O) groups is 3. The van der Waals surface area contributed by atoms with E-state index in [2.05, 4.69) is 17.6 Å². The molecule has 1 atom stereocenters. The van der Waals surface area contributed by atoms with Crippen LogP contribution in [0.25, 0.3) is 0 Å². The fraction of sp³-hybridized carbons (Fsp3) is 0.276. The summed E-state index contributed by atoms with van der Waals surface area (Å²) in [6.07, 6.45) is 1.08. The maximum Gasteiger partial charge on any atom is 0.262 e. The molecule has 1 saturated heterocycles. The molecule has 196 valence electrons. The zero-order valence-corrected chi connectivity index (χ0v) is 21.1. The number of benzene rings is 3. The van der Waals surface area contributed by atoms with Crippen LogP contribution in [0, 0.1) is 5.92 Å². The van der Waals surface area contributed by atoms with Crippen molar-refractivity contribution in [3.63, 3.8) is 0 Å². The Hall–Kier alpha value is -4.53. The van der Waals surface area contributed by atoms with Crippen LogP contribution in [0.5, 0.6) is 17.2 Å². The van der Waals surface area contributed by atoms with Gasteiger partial charge < -0.3 is 29.7 Å². The van der Waals surface area contributed by atoms with Crippen molar-refractivity contribution < 1.29 is 28.6 Å². The molecule has 0 spiro atoms. The summed E-state index contributed by atoms with van der Waals surface area (Å²) in [7, 11) is 0. The lowest BCUT2D eigenvalue weighted by atomic mass is 10.1. The van der Waals surface area contributed by atoms with Gasteiger partial charge in [0.2, 0.25) is 18.6 Å². The highest BCUT2D eigenvalue weighted by Gasteiger charge is 2.35. The van der Waals surface area contributed by atoms with Crippen molar-refractivity contribution in [2.24, 2.45) is 5.92 Å². The van der Waals surface area contributed by atoms with E-state index in [1.54, 1.807) is 29.2 Å². The summed E-state index contributed by atoms with van der Waals surface area (Å²) in [4.78, 5) is 39.2. The van der Waals surface area contributed by atoms with Gasteiger partial charge in [-0.3, -0.25) is 14.4 Å². The predicted octanol–water partition coefficient (Wildman–Crippen LogP) is 3.66. The molecule has 2 heterocycles. The van der Waals surface area contributed by atoms with E-state index >= 15 is 0 Å². The summed E-state index contributed by atoms with van der Waals surface area (Å²) in [5.41, 5.74) is 3.48. The number of ether oxygens (including phenoxy) is 3. The number of nitrogens with one attached hydrogen (secondary N) is 2. The third-order valence-electron chi connectivity index (χ3n) is 6.56. The Morgan fingerprint density at radius 1 is 0.974 bits per heavy atom. The van der Waals surface area contributed by atoms with Gasteiger partial charge in [0.1, 0.15) is 5.75 Å². The molecule has 3 amide bonds. The van der Waals surface area contributed by atoms with Crippen molar-refractivity contribution in [2.45, 2.75) is 26.3 Å². The zero-order valence-electron chi connectivity index (χ0n) is 21.1. The Morgan fingerprint density at radius 3 is 2.47 bits per heavy atom. The fourth-order valence-corrected chi connectivity index (χ4v) is 4.41. The first kappa shape index (κ1) is 25.1. The number of amides is 3. The van der Waals surface area contributed by atoms with Crippen molar-refractivity contribution in [3.05, 3.63) is 77.9 Å². The summed E-state index contributed by atoms with van der Waals surface area (Å²) in [6, 6.07) is 20.1. The minimum atomic E-state index is -0.442. The Labute approximate surface area is 220 Å². The first-order valence-electron chi connectivity index (χ1n) is 12.6. The highest BCUT2D eigenvalue weighted by atomic mass is 16.7. The lowest BCUT2D eigenvalue weighted by Gasteiger charge is -2.17. The van der Waals surface area contributed by atoms with Gasteiger partial charge in [-0.2, -0.15) is 0 Å². The van der Waals surface area contributed by atoms with E-state index in [0.29, 0.717) is 41.7 Å². The van der Waals surface area contributed by atoms with Crippen molar-refractivity contribution in [3.8, 4) is 17.2 Å². The summed E-state index contributed by atoms with van der Waals surface area (Å²) in [6.45, 7) is 2.77. The summed E-state index contributed by atoms with van der Waals surface area (Å²) < 4.78 is 16.3. The monoisotopic (exact) mass is 515 g/mol. The third-order valence-corrected chi connectivity index (χ3v) is 6.56. The van der Waals surface area contributed by atoms with Gasteiger partial charge >= 0.3 is 0 Å². The van der Waals surface area contributed by atoms with Gasteiger partial charge in [0.25, 0.3) is 5.91 Å². The Bertz CT molecular complexity index is 1320. The van der Waals surface area contributed by atoms with E-state index in [0.717, 1.165) is 12.0 Å². The van der Waals surface area contributed by atoms with Crippen molar-refractivity contribution >= 4 is 29.1 Å². The zero-order chi connectivity index (χ0) is 26.5. The minimum absolute atomic E-state index is 0.115. The van der Waals surface area contributed by atoms with E-state index < -0.39 is 5.92 Å². The van der Waals surface area contributed by atoms with E-state index in [4.69, 9.17) is 14.2 Å². The molecule has 0 saturated carbocycles. The molecule has 5 rings (SSSR count). The van der Waals surface area contributed by atoms with Crippen LogP contribution in [0.15, 0.2) is 66.7 Å². The molecule has 0 aliphatic carbocycles. The number of anilines is 2. The summed E-state index contributed by atoms with van der Waals surface area (Å²) >= 11 is 0. The molecule has 2 aliphatic heterocycles. The number of aryl methyl sites for hydroxylation is 1. The molecule has 0 radical (unpaired) electrons. The third kappa shape index (κ3) is 5.88. The predicted molar refractivity (Wildman–Crippen MR) is 141 cm³/mol. The van der Waals surface area contributed by atoms with Gasteiger partial charge in [-0.15, -0.1) is 0 Å². The van der Waals surface area contributed by atoms with Crippen LogP contribution >= 0.6 is 0 Å². The van der Waals surface area contributed by atoms with Gasteiger partial charge in [0.15, 0.2) is 18.1 Å². The van der Waals surface area contributed by atoms with Gasteiger partial charge in [0, 0.05) is 30.9 Å². The average Bonchev–Trinajstić information content (AvgIpc) is 3.57. The molecule has 2 aliphatic rings. The molecule has 2 N–H and O–H groups in total. The van der Waals surface area contributed by atoms with E-state index in [1.165, 1.54) is 5.56 Å².